The largest absolute Gasteiger partial charge is 0.326 e. The molecule has 0 atom stereocenters. The summed E-state index contributed by atoms with van der Waals surface area (Å²) in [5.74, 6) is -0.645. The minimum Gasteiger partial charge on any atom is -0.326 e. The second kappa shape index (κ2) is 8.58. The standard InChI is InChI=1S/C17H25FN2O3S/c1-24(22,23)20(16-6-4-2-3-5-7-16)13-12-17(21)19-15-10-8-14(18)9-11-15/h8-11,16H,2-7,12-13H2,1H3,(H,19,21). The molecule has 0 aromatic heterocycles. The van der Waals surface area contributed by atoms with Crippen LogP contribution in [0.2, 0.25) is 0 Å². The van der Waals surface area contributed by atoms with Crippen LogP contribution in [0.15, 0.2) is 24.3 Å². The Bertz CT molecular complexity index is 638. The number of rotatable bonds is 6. The number of anilines is 1. The Morgan fingerprint density at radius 3 is 2.29 bits per heavy atom. The van der Waals surface area contributed by atoms with Gasteiger partial charge in [-0.15, -0.1) is 0 Å². The van der Waals surface area contributed by atoms with Crippen molar-refractivity contribution in [2.75, 3.05) is 18.1 Å². The summed E-state index contributed by atoms with van der Waals surface area (Å²) in [6.07, 6.45) is 7.32. The molecule has 5 nitrogen and oxygen atoms in total. The molecular formula is C17H25FN2O3S. The number of carbonyl (C=O) groups is 1. The Morgan fingerprint density at radius 1 is 1.17 bits per heavy atom. The van der Waals surface area contributed by atoms with Gasteiger partial charge in [0, 0.05) is 24.7 Å². The SMILES string of the molecule is CS(=O)(=O)N(CCC(=O)Nc1ccc(F)cc1)C1CCCCCC1. The Labute approximate surface area is 143 Å². The average Bonchev–Trinajstić information content (AvgIpc) is 2.78. The van der Waals surface area contributed by atoms with E-state index in [1.807, 2.05) is 0 Å². The third-order valence-electron chi connectivity index (χ3n) is 4.35. The summed E-state index contributed by atoms with van der Waals surface area (Å²) >= 11 is 0. The van der Waals surface area contributed by atoms with Gasteiger partial charge in [0.2, 0.25) is 15.9 Å². The Balaban J connectivity index is 1.94. The van der Waals surface area contributed by atoms with Gasteiger partial charge in [-0.1, -0.05) is 25.7 Å². The van der Waals surface area contributed by atoms with E-state index in [0.29, 0.717) is 5.69 Å². The summed E-state index contributed by atoms with van der Waals surface area (Å²) < 4.78 is 38.5. The van der Waals surface area contributed by atoms with Crippen molar-refractivity contribution >= 4 is 21.6 Å². The van der Waals surface area contributed by atoms with Crippen LogP contribution in [0.4, 0.5) is 10.1 Å². The third kappa shape index (κ3) is 5.87. The summed E-state index contributed by atoms with van der Waals surface area (Å²) in [7, 11) is -3.35. The summed E-state index contributed by atoms with van der Waals surface area (Å²) in [6, 6.07) is 5.48. The van der Waals surface area contributed by atoms with Gasteiger partial charge in [0.25, 0.3) is 0 Å². The van der Waals surface area contributed by atoms with Crippen molar-refractivity contribution in [3.05, 3.63) is 30.1 Å². The Kier molecular flexibility index (Phi) is 6.74. The van der Waals surface area contributed by atoms with Crippen molar-refractivity contribution in [1.82, 2.24) is 4.31 Å². The molecule has 24 heavy (non-hydrogen) atoms. The average molecular weight is 356 g/mol. The highest BCUT2D eigenvalue weighted by molar-refractivity contribution is 7.88. The summed E-state index contributed by atoms with van der Waals surface area (Å²) in [6.45, 7) is 0.177. The van der Waals surface area contributed by atoms with Gasteiger partial charge >= 0.3 is 0 Å². The van der Waals surface area contributed by atoms with E-state index in [-0.39, 0.29) is 30.7 Å². The van der Waals surface area contributed by atoms with Crippen molar-refractivity contribution in [2.24, 2.45) is 0 Å². The second-order valence-electron chi connectivity index (χ2n) is 6.32. The maximum absolute atomic E-state index is 12.9. The first-order valence-corrected chi connectivity index (χ1v) is 10.2. The van der Waals surface area contributed by atoms with E-state index in [4.69, 9.17) is 0 Å². The highest BCUT2D eigenvalue weighted by Crippen LogP contribution is 2.24. The molecule has 0 saturated heterocycles. The fraction of sp³-hybridized carbons (Fsp3) is 0.588. The van der Waals surface area contributed by atoms with Gasteiger partial charge in [-0.25, -0.2) is 12.8 Å². The molecule has 1 aliphatic rings. The number of nitrogens with zero attached hydrogens (tertiary/aromatic N) is 1. The van der Waals surface area contributed by atoms with E-state index in [0.717, 1.165) is 38.5 Å². The number of carbonyl (C=O) groups excluding carboxylic acids is 1. The van der Waals surface area contributed by atoms with E-state index in [1.54, 1.807) is 0 Å². The summed E-state index contributed by atoms with van der Waals surface area (Å²) in [5.41, 5.74) is 0.502. The van der Waals surface area contributed by atoms with E-state index in [2.05, 4.69) is 5.32 Å². The van der Waals surface area contributed by atoms with Gasteiger partial charge in [-0.2, -0.15) is 4.31 Å². The molecule has 0 bridgehead atoms. The molecular weight excluding hydrogens is 331 g/mol. The fourth-order valence-corrected chi connectivity index (χ4v) is 4.31. The maximum Gasteiger partial charge on any atom is 0.225 e. The molecule has 7 heteroatoms. The predicted molar refractivity (Wildman–Crippen MR) is 92.7 cm³/mol. The van der Waals surface area contributed by atoms with Crippen molar-refractivity contribution in [3.63, 3.8) is 0 Å². The summed E-state index contributed by atoms with van der Waals surface area (Å²) in [5, 5.41) is 2.66. The van der Waals surface area contributed by atoms with Crippen LogP contribution in [0.5, 0.6) is 0 Å². The molecule has 0 radical (unpaired) electrons. The van der Waals surface area contributed by atoms with Gasteiger partial charge in [0.05, 0.1) is 6.26 Å². The molecule has 0 unspecified atom stereocenters. The van der Waals surface area contributed by atoms with Crippen LogP contribution >= 0.6 is 0 Å². The third-order valence-corrected chi connectivity index (χ3v) is 5.68. The highest BCUT2D eigenvalue weighted by atomic mass is 32.2. The number of nitrogens with one attached hydrogen (secondary N) is 1. The van der Waals surface area contributed by atoms with E-state index >= 15 is 0 Å². The van der Waals surface area contributed by atoms with Gasteiger partial charge in [0.15, 0.2) is 0 Å². The second-order valence-corrected chi connectivity index (χ2v) is 8.26. The lowest BCUT2D eigenvalue weighted by molar-refractivity contribution is -0.116. The molecule has 1 N–H and O–H groups in total. The van der Waals surface area contributed by atoms with Crippen LogP contribution in [-0.2, 0) is 14.8 Å². The van der Waals surface area contributed by atoms with Crippen molar-refractivity contribution in [2.45, 2.75) is 51.0 Å². The maximum atomic E-state index is 12.9. The zero-order valence-electron chi connectivity index (χ0n) is 14.0. The Hall–Kier alpha value is -1.47. The normalized spacial score (nSPS) is 16.8. The van der Waals surface area contributed by atoms with Crippen LogP contribution in [0.1, 0.15) is 44.9 Å². The number of halogens is 1. The molecule has 134 valence electrons. The van der Waals surface area contributed by atoms with Crippen LogP contribution in [0, 0.1) is 5.82 Å². The molecule has 1 aliphatic carbocycles. The predicted octanol–water partition coefficient (Wildman–Crippen LogP) is 3.14. The van der Waals surface area contributed by atoms with Crippen LogP contribution in [0.3, 0.4) is 0 Å². The molecule has 1 aromatic rings. The first-order valence-electron chi connectivity index (χ1n) is 8.38. The molecule has 1 fully saturated rings. The lowest BCUT2D eigenvalue weighted by Gasteiger charge is -2.28. The lowest BCUT2D eigenvalue weighted by atomic mass is 10.1. The molecule has 0 aliphatic heterocycles. The first-order chi connectivity index (χ1) is 11.4. The topological polar surface area (TPSA) is 66.5 Å². The fourth-order valence-electron chi connectivity index (χ4n) is 3.13. The number of hydrogen-bond donors (Lipinski definition) is 1. The molecule has 0 spiro atoms. The molecule has 1 amide bonds. The zero-order valence-corrected chi connectivity index (χ0v) is 14.8. The highest BCUT2D eigenvalue weighted by Gasteiger charge is 2.27. The van der Waals surface area contributed by atoms with Crippen LogP contribution in [-0.4, -0.2) is 37.5 Å². The first kappa shape index (κ1) is 18.9. The quantitative estimate of drug-likeness (QED) is 0.796. The Morgan fingerprint density at radius 2 is 1.75 bits per heavy atom. The number of benzene rings is 1. The minimum absolute atomic E-state index is 0.0129. The van der Waals surface area contributed by atoms with Gasteiger partial charge in [-0.3, -0.25) is 4.79 Å². The molecule has 1 aromatic carbocycles. The van der Waals surface area contributed by atoms with Gasteiger partial charge in [0.1, 0.15) is 5.82 Å². The molecule has 2 rings (SSSR count). The molecule has 0 heterocycles. The number of amides is 1. The number of hydrogen-bond acceptors (Lipinski definition) is 3. The smallest absolute Gasteiger partial charge is 0.225 e. The van der Waals surface area contributed by atoms with E-state index in [1.165, 1.54) is 34.8 Å². The van der Waals surface area contributed by atoms with Gasteiger partial charge in [-0.05, 0) is 37.1 Å². The van der Waals surface area contributed by atoms with Crippen molar-refractivity contribution in [3.8, 4) is 0 Å². The monoisotopic (exact) mass is 356 g/mol. The van der Waals surface area contributed by atoms with Gasteiger partial charge < -0.3 is 5.32 Å². The minimum atomic E-state index is -3.35. The lowest BCUT2D eigenvalue weighted by Crippen LogP contribution is -2.41. The van der Waals surface area contributed by atoms with E-state index in [9.17, 15) is 17.6 Å². The van der Waals surface area contributed by atoms with Crippen LogP contribution < -0.4 is 5.32 Å². The molecule has 1 saturated carbocycles. The van der Waals surface area contributed by atoms with Crippen molar-refractivity contribution in [1.29, 1.82) is 0 Å². The number of sulfonamides is 1. The van der Waals surface area contributed by atoms with Crippen LogP contribution in [0.25, 0.3) is 0 Å². The van der Waals surface area contributed by atoms with E-state index < -0.39 is 10.0 Å². The van der Waals surface area contributed by atoms with Crippen molar-refractivity contribution < 1.29 is 17.6 Å². The zero-order chi connectivity index (χ0) is 17.6. The summed E-state index contributed by atoms with van der Waals surface area (Å²) in [4.78, 5) is 12.1.